The normalized spacial score (nSPS) is 11.1. The third kappa shape index (κ3) is 2.91. The molecule has 122 valence electrons. The average Bonchev–Trinajstić information content (AvgIpc) is 2.95. The number of nitrogens with zero attached hydrogens (tertiary/aromatic N) is 1. The zero-order valence-corrected chi connectivity index (χ0v) is 13.9. The number of fused-ring (bicyclic) bond motifs is 1. The first-order chi connectivity index (χ1) is 11.6. The summed E-state index contributed by atoms with van der Waals surface area (Å²) in [4.78, 5) is 12.4. The van der Waals surface area contributed by atoms with Gasteiger partial charge in [-0.05, 0) is 36.4 Å². The number of aromatic nitrogens is 1. The lowest BCUT2D eigenvalue weighted by molar-refractivity contribution is 0.104. The Kier molecular flexibility index (Phi) is 4.38. The molecule has 0 bridgehead atoms. The minimum atomic E-state index is -0.0797. The molecule has 3 aromatic rings. The highest BCUT2D eigenvalue weighted by Gasteiger charge is 2.09. The van der Waals surface area contributed by atoms with Gasteiger partial charge in [-0.1, -0.05) is 18.2 Å². The van der Waals surface area contributed by atoms with Crippen molar-refractivity contribution in [3.63, 3.8) is 0 Å². The quantitative estimate of drug-likeness (QED) is 0.525. The molecule has 0 spiro atoms. The lowest BCUT2D eigenvalue weighted by Crippen LogP contribution is -1.97. The van der Waals surface area contributed by atoms with Crippen LogP contribution in [0.25, 0.3) is 17.0 Å². The van der Waals surface area contributed by atoms with Gasteiger partial charge in [0, 0.05) is 35.3 Å². The van der Waals surface area contributed by atoms with E-state index in [9.17, 15) is 4.79 Å². The molecule has 2 aromatic carbocycles. The molecule has 0 fully saturated rings. The topological polar surface area (TPSA) is 40.5 Å². The van der Waals surface area contributed by atoms with Crippen LogP contribution in [0.3, 0.4) is 0 Å². The molecule has 0 amide bonds. The number of carbonyl (C=O) groups is 1. The van der Waals surface area contributed by atoms with Crippen LogP contribution in [-0.4, -0.2) is 24.6 Å². The van der Waals surface area contributed by atoms with Gasteiger partial charge in [0.1, 0.15) is 0 Å². The van der Waals surface area contributed by atoms with E-state index in [0.717, 1.165) is 16.5 Å². The van der Waals surface area contributed by atoms with Crippen molar-refractivity contribution in [1.82, 2.24) is 4.57 Å². The molecule has 24 heavy (non-hydrogen) atoms. The van der Waals surface area contributed by atoms with Crippen LogP contribution in [0.1, 0.15) is 15.9 Å². The average molecular weight is 321 g/mol. The molecular weight excluding hydrogens is 302 g/mol. The van der Waals surface area contributed by atoms with Crippen LogP contribution in [0.2, 0.25) is 0 Å². The van der Waals surface area contributed by atoms with E-state index in [-0.39, 0.29) is 5.78 Å². The van der Waals surface area contributed by atoms with Gasteiger partial charge in [-0.2, -0.15) is 0 Å². The van der Waals surface area contributed by atoms with Gasteiger partial charge in [-0.3, -0.25) is 4.79 Å². The fraction of sp³-hybridized carbons (Fsp3) is 0.150. The van der Waals surface area contributed by atoms with Gasteiger partial charge < -0.3 is 14.0 Å². The van der Waals surface area contributed by atoms with E-state index in [1.54, 1.807) is 38.5 Å². The monoisotopic (exact) mass is 321 g/mol. The molecule has 4 nitrogen and oxygen atoms in total. The summed E-state index contributed by atoms with van der Waals surface area (Å²) in [6.45, 7) is 0. The number of ether oxygens (including phenoxy) is 2. The van der Waals surface area contributed by atoms with Crippen LogP contribution in [-0.2, 0) is 7.05 Å². The van der Waals surface area contributed by atoms with E-state index in [0.29, 0.717) is 17.1 Å². The van der Waals surface area contributed by atoms with Crippen molar-refractivity contribution in [2.45, 2.75) is 0 Å². The Bertz CT molecular complexity index is 922. The van der Waals surface area contributed by atoms with Gasteiger partial charge in [0.15, 0.2) is 17.3 Å². The maximum Gasteiger partial charge on any atom is 0.185 e. The second-order valence-electron chi connectivity index (χ2n) is 5.48. The Hall–Kier alpha value is -3.01. The number of ketones is 1. The fourth-order valence-corrected chi connectivity index (χ4v) is 2.76. The summed E-state index contributed by atoms with van der Waals surface area (Å²) in [6, 6.07) is 13.3. The van der Waals surface area contributed by atoms with Crippen molar-refractivity contribution >= 4 is 22.8 Å². The lowest BCUT2D eigenvalue weighted by Gasteiger charge is -2.07. The Balaban J connectivity index is 1.90. The summed E-state index contributed by atoms with van der Waals surface area (Å²) in [7, 11) is 5.12. The maximum atomic E-state index is 12.4. The Morgan fingerprint density at radius 3 is 2.54 bits per heavy atom. The van der Waals surface area contributed by atoms with E-state index in [4.69, 9.17) is 9.47 Å². The summed E-state index contributed by atoms with van der Waals surface area (Å²) in [5, 5.41) is 1.12. The first-order valence-electron chi connectivity index (χ1n) is 7.62. The van der Waals surface area contributed by atoms with E-state index < -0.39 is 0 Å². The number of carbonyl (C=O) groups excluding carboxylic acids is 1. The molecule has 0 aliphatic carbocycles. The van der Waals surface area contributed by atoms with Gasteiger partial charge in [0.05, 0.1) is 14.2 Å². The Morgan fingerprint density at radius 1 is 1.04 bits per heavy atom. The molecule has 3 rings (SSSR count). The number of hydrogen-bond donors (Lipinski definition) is 0. The van der Waals surface area contributed by atoms with Crippen molar-refractivity contribution < 1.29 is 14.3 Å². The van der Waals surface area contributed by atoms with Gasteiger partial charge in [-0.25, -0.2) is 0 Å². The molecule has 0 aliphatic heterocycles. The minimum absolute atomic E-state index is 0.0797. The van der Waals surface area contributed by atoms with E-state index in [1.807, 2.05) is 31.5 Å². The van der Waals surface area contributed by atoms with Gasteiger partial charge in [-0.15, -0.1) is 0 Å². The van der Waals surface area contributed by atoms with Crippen LogP contribution >= 0.6 is 0 Å². The molecule has 1 heterocycles. The van der Waals surface area contributed by atoms with Gasteiger partial charge in [0.2, 0.25) is 0 Å². The van der Waals surface area contributed by atoms with Crippen molar-refractivity contribution in [3.05, 3.63) is 65.9 Å². The molecule has 0 aliphatic rings. The molecule has 0 saturated heterocycles. The summed E-state index contributed by atoms with van der Waals surface area (Å²) < 4.78 is 12.5. The smallest absolute Gasteiger partial charge is 0.185 e. The largest absolute Gasteiger partial charge is 0.493 e. The number of allylic oxidation sites excluding steroid dienone is 1. The predicted molar refractivity (Wildman–Crippen MR) is 95.8 cm³/mol. The molecule has 1 aromatic heterocycles. The van der Waals surface area contributed by atoms with Crippen LogP contribution < -0.4 is 9.47 Å². The summed E-state index contributed by atoms with van der Waals surface area (Å²) in [6.07, 6.45) is 5.45. The van der Waals surface area contributed by atoms with Crippen molar-refractivity contribution in [1.29, 1.82) is 0 Å². The second kappa shape index (κ2) is 6.62. The SMILES string of the molecule is COc1ccc(C(=O)C=Cc2cn(C)c3ccccc23)cc1OC. The van der Waals surface area contributed by atoms with Gasteiger partial charge >= 0.3 is 0 Å². The highest BCUT2D eigenvalue weighted by molar-refractivity contribution is 6.08. The first kappa shape index (κ1) is 15.9. The molecule has 4 heteroatoms. The maximum absolute atomic E-state index is 12.4. The van der Waals surface area contributed by atoms with Crippen LogP contribution in [0.4, 0.5) is 0 Å². The Labute approximate surface area is 140 Å². The third-order valence-corrected chi connectivity index (χ3v) is 4.01. The lowest BCUT2D eigenvalue weighted by atomic mass is 10.1. The van der Waals surface area contributed by atoms with Crippen LogP contribution in [0.15, 0.2) is 54.7 Å². The summed E-state index contributed by atoms with van der Waals surface area (Å²) >= 11 is 0. The molecule has 0 N–H and O–H groups in total. The zero-order valence-electron chi connectivity index (χ0n) is 13.9. The standard InChI is InChI=1S/C20H19NO3/c1-21-13-15(16-6-4-5-7-17(16)21)8-10-18(22)14-9-11-19(23-2)20(12-14)24-3/h4-13H,1-3H3. The van der Waals surface area contributed by atoms with Gasteiger partial charge in [0.25, 0.3) is 0 Å². The van der Waals surface area contributed by atoms with Crippen LogP contribution in [0.5, 0.6) is 11.5 Å². The second-order valence-corrected chi connectivity index (χ2v) is 5.48. The number of methoxy groups -OCH3 is 2. The Morgan fingerprint density at radius 2 is 1.79 bits per heavy atom. The first-order valence-corrected chi connectivity index (χ1v) is 7.62. The predicted octanol–water partition coefficient (Wildman–Crippen LogP) is 4.09. The van der Waals surface area contributed by atoms with E-state index in [1.165, 1.54) is 0 Å². The highest BCUT2D eigenvalue weighted by atomic mass is 16.5. The zero-order chi connectivity index (χ0) is 17.1. The van der Waals surface area contributed by atoms with E-state index in [2.05, 4.69) is 16.7 Å². The molecule has 0 atom stereocenters. The third-order valence-electron chi connectivity index (χ3n) is 4.01. The number of aryl methyl sites for hydroxylation is 1. The molecule has 0 unspecified atom stereocenters. The number of benzene rings is 2. The number of hydrogen-bond acceptors (Lipinski definition) is 3. The minimum Gasteiger partial charge on any atom is -0.493 e. The van der Waals surface area contributed by atoms with E-state index >= 15 is 0 Å². The number of rotatable bonds is 5. The summed E-state index contributed by atoms with van der Waals surface area (Å²) in [5.74, 6) is 1.07. The van der Waals surface area contributed by atoms with Crippen molar-refractivity contribution in [2.24, 2.45) is 7.05 Å². The van der Waals surface area contributed by atoms with Crippen LogP contribution in [0, 0.1) is 0 Å². The molecule has 0 radical (unpaired) electrons. The highest BCUT2D eigenvalue weighted by Crippen LogP contribution is 2.28. The summed E-state index contributed by atoms with van der Waals surface area (Å²) in [5.41, 5.74) is 2.71. The van der Waals surface area contributed by atoms with Crippen molar-refractivity contribution in [2.75, 3.05) is 14.2 Å². The number of para-hydroxylation sites is 1. The van der Waals surface area contributed by atoms with Crippen molar-refractivity contribution in [3.8, 4) is 11.5 Å². The molecular formula is C20H19NO3. The fourth-order valence-electron chi connectivity index (χ4n) is 2.76. The molecule has 0 saturated carbocycles.